The molecule has 0 spiro atoms. The van der Waals surface area contributed by atoms with Gasteiger partial charge in [-0.15, -0.1) is 11.3 Å². The van der Waals surface area contributed by atoms with Gasteiger partial charge in [0.25, 0.3) is 0 Å². The smallest absolute Gasteiger partial charge is 0.341 e. The van der Waals surface area contributed by atoms with Crippen molar-refractivity contribution in [3.8, 4) is 0 Å². The molecule has 0 saturated carbocycles. The molecule has 0 saturated heterocycles. The highest BCUT2D eigenvalue weighted by atomic mass is 32.1. The van der Waals surface area contributed by atoms with E-state index in [-0.39, 0.29) is 11.9 Å². The zero-order valence-corrected chi connectivity index (χ0v) is 13.1. The number of amides is 1. The van der Waals surface area contributed by atoms with Crippen LogP contribution in [0.2, 0.25) is 0 Å². The van der Waals surface area contributed by atoms with Crippen LogP contribution in [0.4, 0.5) is 5.00 Å². The minimum atomic E-state index is -0.344. The van der Waals surface area contributed by atoms with Crippen LogP contribution in [0.25, 0.3) is 0 Å². The molecule has 1 aromatic rings. The fraction of sp³-hybridized carbons (Fsp3) is 0.600. The molecule has 1 aliphatic carbocycles. The van der Waals surface area contributed by atoms with E-state index in [4.69, 9.17) is 4.74 Å². The van der Waals surface area contributed by atoms with Gasteiger partial charge in [0.1, 0.15) is 5.00 Å². The maximum atomic E-state index is 12.0. The van der Waals surface area contributed by atoms with Crippen LogP contribution in [0, 0.1) is 5.92 Å². The zero-order valence-electron chi connectivity index (χ0n) is 12.2. The Morgan fingerprint density at radius 2 is 2.15 bits per heavy atom. The van der Waals surface area contributed by atoms with Crippen molar-refractivity contribution >= 4 is 28.2 Å². The summed E-state index contributed by atoms with van der Waals surface area (Å²) in [5.74, 6) is 0.269. The monoisotopic (exact) mass is 295 g/mol. The molecule has 0 fully saturated rings. The molecule has 0 bridgehead atoms. The average molecular weight is 295 g/mol. The van der Waals surface area contributed by atoms with E-state index in [0.29, 0.717) is 22.9 Å². The third-order valence-electron chi connectivity index (χ3n) is 3.91. The largest absolute Gasteiger partial charge is 0.465 e. The number of carbonyl (C=O) groups excluding carboxylic acids is 2. The molecule has 5 heteroatoms. The standard InChI is InChI=1S/C15H21NO3S/c1-4-9-6-7-10-11(8-9)20-14(16-12(17)5-2)13(10)15(18)19-3/h9H,4-8H2,1-3H3,(H,16,17)/t9-/m0/s1. The Kier molecular flexibility index (Phi) is 4.81. The third-order valence-corrected chi connectivity index (χ3v) is 5.08. The first-order valence-corrected chi connectivity index (χ1v) is 7.94. The van der Waals surface area contributed by atoms with Gasteiger partial charge in [0, 0.05) is 11.3 Å². The number of nitrogens with one attached hydrogen (secondary N) is 1. The zero-order chi connectivity index (χ0) is 14.7. The molecular formula is C15H21NO3S. The van der Waals surface area contributed by atoms with E-state index in [1.165, 1.54) is 23.3 Å². The van der Waals surface area contributed by atoms with Crippen molar-refractivity contribution < 1.29 is 14.3 Å². The Balaban J connectivity index is 2.38. The number of hydrogen-bond acceptors (Lipinski definition) is 4. The van der Waals surface area contributed by atoms with Gasteiger partial charge in [-0.3, -0.25) is 4.79 Å². The summed E-state index contributed by atoms with van der Waals surface area (Å²) in [4.78, 5) is 24.9. The number of anilines is 1. The molecule has 1 amide bonds. The summed E-state index contributed by atoms with van der Waals surface area (Å²) in [6.45, 7) is 4.00. The van der Waals surface area contributed by atoms with Gasteiger partial charge in [0.2, 0.25) is 5.91 Å². The second-order valence-corrected chi connectivity index (χ2v) is 6.22. The Morgan fingerprint density at radius 3 is 2.75 bits per heavy atom. The molecule has 4 nitrogen and oxygen atoms in total. The van der Waals surface area contributed by atoms with Crippen LogP contribution in [0.3, 0.4) is 0 Å². The van der Waals surface area contributed by atoms with E-state index >= 15 is 0 Å². The maximum absolute atomic E-state index is 12.0. The number of rotatable bonds is 4. The van der Waals surface area contributed by atoms with Crippen LogP contribution < -0.4 is 5.32 Å². The van der Waals surface area contributed by atoms with Crippen LogP contribution in [0.1, 0.15) is 53.9 Å². The highest BCUT2D eigenvalue weighted by Gasteiger charge is 2.29. The lowest BCUT2D eigenvalue weighted by atomic mass is 9.86. The molecule has 1 N–H and O–H groups in total. The van der Waals surface area contributed by atoms with E-state index in [9.17, 15) is 9.59 Å². The van der Waals surface area contributed by atoms with Crippen LogP contribution in [-0.4, -0.2) is 19.0 Å². The number of carbonyl (C=O) groups is 2. The molecule has 0 aliphatic heterocycles. The molecule has 1 heterocycles. The molecule has 2 rings (SSSR count). The summed E-state index contributed by atoms with van der Waals surface area (Å²) in [5.41, 5.74) is 1.65. The normalized spacial score (nSPS) is 17.4. The Hall–Kier alpha value is -1.36. The quantitative estimate of drug-likeness (QED) is 0.866. The fourth-order valence-corrected chi connectivity index (χ4v) is 3.99. The van der Waals surface area contributed by atoms with Crippen LogP contribution in [0.15, 0.2) is 0 Å². The number of fused-ring (bicyclic) bond motifs is 1. The molecular weight excluding hydrogens is 274 g/mol. The van der Waals surface area contributed by atoms with E-state index in [1.807, 2.05) is 0 Å². The molecule has 1 aliphatic rings. The van der Waals surface area contributed by atoms with Gasteiger partial charge < -0.3 is 10.1 Å². The van der Waals surface area contributed by atoms with Crippen LogP contribution in [0.5, 0.6) is 0 Å². The first-order valence-electron chi connectivity index (χ1n) is 7.13. The first-order chi connectivity index (χ1) is 9.60. The molecule has 110 valence electrons. The maximum Gasteiger partial charge on any atom is 0.341 e. The van der Waals surface area contributed by atoms with E-state index < -0.39 is 0 Å². The molecule has 20 heavy (non-hydrogen) atoms. The second-order valence-electron chi connectivity index (χ2n) is 5.12. The van der Waals surface area contributed by atoms with Crippen molar-refractivity contribution in [2.24, 2.45) is 5.92 Å². The van der Waals surface area contributed by atoms with E-state index in [0.717, 1.165) is 31.2 Å². The van der Waals surface area contributed by atoms with Crippen molar-refractivity contribution in [3.63, 3.8) is 0 Å². The number of methoxy groups -OCH3 is 1. The molecule has 0 radical (unpaired) electrons. The van der Waals surface area contributed by atoms with Crippen molar-refractivity contribution in [2.75, 3.05) is 12.4 Å². The van der Waals surface area contributed by atoms with Gasteiger partial charge in [-0.25, -0.2) is 4.79 Å². The highest BCUT2D eigenvalue weighted by Crippen LogP contribution is 2.40. The topological polar surface area (TPSA) is 55.4 Å². The lowest BCUT2D eigenvalue weighted by molar-refractivity contribution is -0.115. The van der Waals surface area contributed by atoms with Gasteiger partial charge in [0.05, 0.1) is 12.7 Å². The van der Waals surface area contributed by atoms with Gasteiger partial charge in [-0.2, -0.15) is 0 Å². The Labute approximate surface area is 123 Å². The predicted molar refractivity (Wildman–Crippen MR) is 80.4 cm³/mol. The first kappa shape index (κ1) is 15.0. The fourth-order valence-electron chi connectivity index (χ4n) is 2.62. The minimum Gasteiger partial charge on any atom is -0.465 e. The summed E-state index contributed by atoms with van der Waals surface area (Å²) >= 11 is 1.54. The SMILES string of the molecule is CCC(=O)Nc1sc2c(c1C(=O)OC)CC[C@H](CC)C2. The van der Waals surface area contributed by atoms with E-state index in [1.54, 1.807) is 6.92 Å². The highest BCUT2D eigenvalue weighted by molar-refractivity contribution is 7.17. The van der Waals surface area contributed by atoms with Crippen molar-refractivity contribution in [1.29, 1.82) is 0 Å². The number of ether oxygens (including phenoxy) is 1. The average Bonchev–Trinajstić information content (AvgIpc) is 2.82. The molecule has 1 aromatic heterocycles. The second kappa shape index (κ2) is 6.39. The predicted octanol–water partition coefficient (Wildman–Crippen LogP) is 3.40. The Morgan fingerprint density at radius 1 is 1.40 bits per heavy atom. The lowest BCUT2D eigenvalue weighted by Gasteiger charge is -2.20. The van der Waals surface area contributed by atoms with Crippen LogP contribution >= 0.6 is 11.3 Å². The number of thiophene rings is 1. The molecule has 1 atom stereocenters. The summed E-state index contributed by atoms with van der Waals surface area (Å²) < 4.78 is 4.89. The minimum absolute atomic E-state index is 0.0687. The summed E-state index contributed by atoms with van der Waals surface area (Å²) in [6.07, 6.45) is 4.56. The lowest BCUT2D eigenvalue weighted by Crippen LogP contribution is -2.16. The van der Waals surface area contributed by atoms with Gasteiger partial charge in [-0.05, 0) is 30.7 Å². The number of esters is 1. The number of hydrogen-bond donors (Lipinski definition) is 1. The van der Waals surface area contributed by atoms with E-state index in [2.05, 4.69) is 12.2 Å². The van der Waals surface area contributed by atoms with Gasteiger partial charge in [-0.1, -0.05) is 20.3 Å². The van der Waals surface area contributed by atoms with Crippen LogP contribution in [-0.2, 0) is 22.4 Å². The van der Waals surface area contributed by atoms with Gasteiger partial charge in [0.15, 0.2) is 0 Å². The summed E-state index contributed by atoms with van der Waals surface area (Å²) in [7, 11) is 1.38. The van der Waals surface area contributed by atoms with Crippen molar-refractivity contribution in [2.45, 2.75) is 46.0 Å². The summed E-state index contributed by atoms with van der Waals surface area (Å²) in [5, 5.41) is 3.50. The third kappa shape index (κ3) is 2.87. The van der Waals surface area contributed by atoms with Crippen molar-refractivity contribution in [3.05, 3.63) is 16.0 Å². The Bertz CT molecular complexity index is 521. The molecule has 0 aromatic carbocycles. The molecule has 0 unspecified atom stereocenters. The van der Waals surface area contributed by atoms with Gasteiger partial charge >= 0.3 is 5.97 Å². The summed E-state index contributed by atoms with van der Waals surface area (Å²) in [6, 6.07) is 0. The van der Waals surface area contributed by atoms with Crippen molar-refractivity contribution in [1.82, 2.24) is 0 Å².